The zero-order chi connectivity index (χ0) is 14.4. The summed E-state index contributed by atoms with van der Waals surface area (Å²) in [4.78, 5) is 4.48. The summed E-state index contributed by atoms with van der Waals surface area (Å²) < 4.78 is 0. The van der Waals surface area contributed by atoms with Crippen molar-refractivity contribution in [2.75, 3.05) is 6.54 Å². The summed E-state index contributed by atoms with van der Waals surface area (Å²) in [7, 11) is 0. The van der Waals surface area contributed by atoms with Crippen LogP contribution >= 0.6 is 0 Å². The van der Waals surface area contributed by atoms with Gasteiger partial charge in [0.25, 0.3) is 0 Å². The summed E-state index contributed by atoms with van der Waals surface area (Å²) in [6, 6.07) is 11.1. The van der Waals surface area contributed by atoms with Crippen molar-refractivity contribution in [2.24, 2.45) is 5.92 Å². The van der Waals surface area contributed by atoms with Crippen molar-refractivity contribution in [1.82, 2.24) is 10.3 Å². The number of benzene rings is 1. The van der Waals surface area contributed by atoms with E-state index in [1.807, 2.05) is 12.3 Å². The summed E-state index contributed by atoms with van der Waals surface area (Å²) in [6.07, 6.45) is 5.58. The maximum Gasteiger partial charge on any atom is 0.0705 e. The molecule has 0 saturated carbocycles. The molecule has 1 atom stereocenters. The Morgan fingerprint density at radius 1 is 1.05 bits per heavy atom. The summed E-state index contributed by atoms with van der Waals surface area (Å²) in [5.74, 6) is 0.783. The van der Waals surface area contributed by atoms with E-state index < -0.39 is 0 Å². The molecule has 0 bridgehead atoms. The molecule has 0 spiro atoms. The Bertz CT molecular complexity index is 526. The van der Waals surface area contributed by atoms with E-state index in [-0.39, 0.29) is 0 Å². The summed E-state index contributed by atoms with van der Waals surface area (Å²) >= 11 is 0. The first-order chi connectivity index (χ1) is 9.80. The molecule has 2 nitrogen and oxygen atoms in total. The van der Waals surface area contributed by atoms with Crippen molar-refractivity contribution in [3.63, 3.8) is 0 Å². The number of hydrogen-bond acceptors (Lipinski definition) is 2. The second-order valence-corrected chi connectivity index (χ2v) is 5.45. The van der Waals surface area contributed by atoms with Crippen LogP contribution in [0.5, 0.6) is 0 Å². The molecule has 20 heavy (non-hydrogen) atoms. The molecule has 0 aliphatic heterocycles. The van der Waals surface area contributed by atoms with E-state index in [0.717, 1.165) is 18.0 Å². The Morgan fingerprint density at radius 2 is 1.85 bits per heavy atom. The first-order valence-electron chi connectivity index (χ1n) is 7.87. The van der Waals surface area contributed by atoms with Crippen LogP contribution in [-0.2, 0) is 0 Å². The van der Waals surface area contributed by atoms with Crippen LogP contribution in [0.15, 0.2) is 36.5 Å². The van der Waals surface area contributed by atoms with Gasteiger partial charge in [0.15, 0.2) is 0 Å². The first kappa shape index (κ1) is 15.0. The van der Waals surface area contributed by atoms with E-state index in [1.165, 1.54) is 30.2 Å². The van der Waals surface area contributed by atoms with Crippen molar-refractivity contribution in [1.29, 1.82) is 0 Å². The molecule has 2 aromatic rings. The number of fused-ring (bicyclic) bond motifs is 1. The summed E-state index contributed by atoms with van der Waals surface area (Å²) in [5.41, 5.74) is 2.49. The van der Waals surface area contributed by atoms with Gasteiger partial charge in [0.2, 0.25) is 0 Å². The SMILES string of the molecule is CCNC(CC(CC)CC)c1cccc2ncccc12. The lowest BCUT2D eigenvalue weighted by Gasteiger charge is -2.24. The smallest absolute Gasteiger partial charge is 0.0705 e. The fraction of sp³-hybridized carbons (Fsp3) is 0.500. The lowest BCUT2D eigenvalue weighted by molar-refractivity contribution is 0.377. The molecule has 0 aliphatic carbocycles. The molecule has 108 valence electrons. The fourth-order valence-electron chi connectivity index (χ4n) is 2.95. The number of nitrogens with zero attached hydrogens (tertiary/aromatic N) is 1. The van der Waals surface area contributed by atoms with E-state index in [9.17, 15) is 0 Å². The molecule has 1 aromatic carbocycles. The molecule has 0 amide bonds. The van der Waals surface area contributed by atoms with Gasteiger partial charge >= 0.3 is 0 Å². The lowest BCUT2D eigenvalue weighted by Crippen LogP contribution is -2.23. The van der Waals surface area contributed by atoms with Gasteiger partial charge in [-0.2, -0.15) is 0 Å². The third kappa shape index (κ3) is 3.37. The molecule has 1 N–H and O–H groups in total. The summed E-state index contributed by atoms with van der Waals surface area (Å²) in [6.45, 7) is 7.77. The zero-order valence-electron chi connectivity index (χ0n) is 12.9. The van der Waals surface area contributed by atoms with E-state index in [1.54, 1.807) is 0 Å². The van der Waals surface area contributed by atoms with Crippen LogP contribution in [0, 0.1) is 5.92 Å². The Kier molecular flexibility index (Phi) is 5.54. The number of pyridine rings is 1. The molecule has 0 fully saturated rings. The van der Waals surface area contributed by atoms with Crippen molar-refractivity contribution in [3.8, 4) is 0 Å². The molecule has 2 heteroatoms. The van der Waals surface area contributed by atoms with Crippen LogP contribution in [0.1, 0.15) is 51.6 Å². The van der Waals surface area contributed by atoms with Crippen LogP contribution in [-0.4, -0.2) is 11.5 Å². The topological polar surface area (TPSA) is 24.9 Å². The predicted molar refractivity (Wildman–Crippen MR) is 86.8 cm³/mol. The lowest BCUT2D eigenvalue weighted by atomic mass is 9.89. The number of rotatable bonds is 7. The maximum absolute atomic E-state index is 4.48. The second kappa shape index (κ2) is 7.39. The van der Waals surface area contributed by atoms with Gasteiger partial charge in [0, 0.05) is 17.6 Å². The van der Waals surface area contributed by atoms with Crippen LogP contribution in [0.25, 0.3) is 10.9 Å². The number of nitrogens with one attached hydrogen (secondary N) is 1. The van der Waals surface area contributed by atoms with Crippen LogP contribution < -0.4 is 5.32 Å². The van der Waals surface area contributed by atoms with Crippen molar-refractivity contribution >= 4 is 10.9 Å². The van der Waals surface area contributed by atoms with Crippen molar-refractivity contribution < 1.29 is 0 Å². The third-order valence-corrected chi connectivity index (χ3v) is 4.23. The zero-order valence-corrected chi connectivity index (χ0v) is 12.9. The standard InChI is InChI=1S/C18H26N2/c1-4-14(5-2)13-18(19-6-3)16-9-7-11-17-15(16)10-8-12-20-17/h7-12,14,18-19H,4-6,13H2,1-3H3. The van der Waals surface area contributed by atoms with E-state index in [0.29, 0.717) is 6.04 Å². The highest BCUT2D eigenvalue weighted by Gasteiger charge is 2.17. The van der Waals surface area contributed by atoms with Gasteiger partial charge in [-0.15, -0.1) is 0 Å². The highest BCUT2D eigenvalue weighted by Crippen LogP contribution is 2.29. The minimum atomic E-state index is 0.429. The van der Waals surface area contributed by atoms with Crippen molar-refractivity contribution in [2.45, 2.75) is 46.1 Å². The fourth-order valence-corrected chi connectivity index (χ4v) is 2.95. The van der Waals surface area contributed by atoms with Gasteiger partial charge in [-0.05, 0) is 36.6 Å². The minimum absolute atomic E-state index is 0.429. The van der Waals surface area contributed by atoms with E-state index in [4.69, 9.17) is 0 Å². The molecule has 1 unspecified atom stereocenters. The maximum atomic E-state index is 4.48. The average Bonchev–Trinajstić information content (AvgIpc) is 2.51. The largest absolute Gasteiger partial charge is 0.310 e. The Hall–Kier alpha value is -1.41. The Balaban J connectivity index is 2.35. The van der Waals surface area contributed by atoms with Crippen LogP contribution in [0.3, 0.4) is 0 Å². The van der Waals surface area contributed by atoms with Gasteiger partial charge in [0.05, 0.1) is 5.52 Å². The molecule has 1 aromatic heterocycles. The van der Waals surface area contributed by atoms with Gasteiger partial charge in [0.1, 0.15) is 0 Å². The van der Waals surface area contributed by atoms with E-state index in [2.05, 4.69) is 55.3 Å². The molecule has 1 heterocycles. The molecule has 0 aliphatic rings. The van der Waals surface area contributed by atoms with Gasteiger partial charge in [-0.1, -0.05) is 51.8 Å². The number of hydrogen-bond donors (Lipinski definition) is 1. The first-order valence-corrected chi connectivity index (χ1v) is 7.87. The normalized spacial score (nSPS) is 13.0. The van der Waals surface area contributed by atoms with Crippen LogP contribution in [0.4, 0.5) is 0 Å². The highest BCUT2D eigenvalue weighted by molar-refractivity contribution is 5.82. The Morgan fingerprint density at radius 3 is 2.55 bits per heavy atom. The monoisotopic (exact) mass is 270 g/mol. The Labute approximate surface area is 122 Å². The molecule has 0 saturated heterocycles. The average molecular weight is 270 g/mol. The number of aromatic nitrogens is 1. The van der Waals surface area contributed by atoms with Crippen LogP contribution in [0.2, 0.25) is 0 Å². The predicted octanol–water partition coefficient (Wildman–Crippen LogP) is 4.71. The molecular formula is C18H26N2. The van der Waals surface area contributed by atoms with Crippen molar-refractivity contribution in [3.05, 3.63) is 42.1 Å². The molecule has 0 radical (unpaired) electrons. The minimum Gasteiger partial charge on any atom is -0.310 e. The molecular weight excluding hydrogens is 244 g/mol. The highest BCUT2D eigenvalue weighted by atomic mass is 14.9. The second-order valence-electron chi connectivity index (χ2n) is 5.45. The van der Waals surface area contributed by atoms with Gasteiger partial charge < -0.3 is 5.32 Å². The van der Waals surface area contributed by atoms with Gasteiger partial charge in [-0.3, -0.25) is 4.98 Å². The third-order valence-electron chi connectivity index (χ3n) is 4.23. The van der Waals surface area contributed by atoms with Gasteiger partial charge in [-0.25, -0.2) is 0 Å². The summed E-state index contributed by atoms with van der Waals surface area (Å²) in [5, 5.41) is 4.95. The van der Waals surface area contributed by atoms with E-state index >= 15 is 0 Å². The quantitative estimate of drug-likeness (QED) is 0.788. The molecule has 2 rings (SSSR count).